The summed E-state index contributed by atoms with van der Waals surface area (Å²) in [5.74, 6) is 0.803. The van der Waals surface area contributed by atoms with Crippen molar-refractivity contribution in [1.82, 2.24) is 20.2 Å². The maximum Gasteiger partial charge on any atom is 0.224 e. The summed E-state index contributed by atoms with van der Waals surface area (Å²) >= 11 is 0. The summed E-state index contributed by atoms with van der Waals surface area (Å²) in [6.45, 7) is 0.722. The molecule has 1 aliphatic carbocycles. The normalized spacial score (nSPS) is 13.9. The number of benzene rings is 1. The molecule has 2 aromatic rings. The third-order valence-corrected chi connectivity index (χ3v) is 4.15. The average molecular weight is 328 g/mol. The summed E-state index contributed by atoms with van der Waals surface area (Å²) in [6.07, 6.45) is 6.83. The number of nitrogens with one attached hydrogen (secondary N) is 1. The van der Waals surface area contributed by atoms with Crippen LogP contribution in [0.25, 0.3) is 11.4 Å². The van der Waals surface area contributed by atoms with Gasteiger partial charge in [0.15, 0.2) is 5.82 Å². The van der Waals surface area contributed by atoms with E-state index in [-0.39, 0.29) is 5.91 Å². The molecule has 1 aromatic carbocycles. The van der Waals surface area contributed by atoms with Crippen LogP contribution in [0.5, 0.6) is 0 Å². The summed E-state index contributed by atoms with van der Waals surface area (Å²) in [5, 5.41) is 14.9. The molecule has 0 aliphatic heterocycles. The van der Waals surface area contributed by atoms with Crippen molar-refractivity contribution in [3.05, 3.63) is 24.3 Å². The van der Waals surface area contributed by atoms with Gasteiger partial charge in [-0.15, -0.1) is 5.10 Å². The van der Waals surface area contributed by atoms with Crippen LogP contribution in [0, 0.1) is 0 Å². The highest BCUT2D eigenvalue weighted by atomic mass is 16.1. The molecule has 0 atom stereocenters. The van der Waals surface area contributed by atoms with Gasteiger partial charge in [0.25, 0.3) is 0 Å². The van der Waals surface area contributed by atoms with Crippen LogP contribution >= 0.6 is 0 Å². The molecule has 1 heterocycles. The van der Waals surface area contributed by atoms with Gasteiger partial charge in [0.05, 0.1) is 6.04 Å². The number of carbonyl (C=O) groups is 1. The molecule has 128 valence electrons. The Kier molecular flexibility index (Phi) is 5.53. The number of amides is 1. The molecule has 3 rings (SSSR count). The van der Waals surface area contributed by atoms with Crippen molar-refractivity contribution in [2.75, 3.05) is 11.9 Å². The number of unbranched alkanes of at least 4 members (excludes halogenated alkanes) is 3. The first-order valence-electron chi connectivity index (χ1n) is 8.66. The first-order valence-corrected chi connectivity index (χ1v) is 8.66. The molecule has 3 N–H and O–H groups in total. The third-order valence-electron chi connectivity index (χ3n) is 4.15. The number of nitrogens with two attached hydrogens (primary N) is 1. The van der Waals surface area contributed by atoms with E-state index in [1.165, 1.54) is 0 Å². The largest absolute Gasteiger partial charge is 0.330 e. The van der Waals surface area contributed by atoms with E-state index in [2.05, 4.69) is 20.8 Å². The lowest BCUT2D eigenvalue weighted by atomic mass is 10.1. The van der Waals surface area contributed by atoms with Gasteiger partial charge in [0, 0.05) is 17.7 Å². The van der Waals surface area contributed by atoms with E-state index >= 15 is 0 Å². The van der Waals surface area contributed by atoms with Crippen LogP contribution in [0.1, 0.15) is 51.0 Å². The van der Waals surface area contributed by atoms with Gasteiger partial charge in [-0.25, -0.2) is 4.68 Å². The van der Waals surface area contributed by atoms with Crippen LogP contribution in [0.3, 0.4) is 0 Å². The first kappa shape index (κ1) is 16.6. The lowest BCUT2D eigenvalue weighted by Crippen LogP contribution is -2.11. The SMILES string of the molecule is NCCCCCCC(=O)Nc1cccc(-c2nnnn2C2CC2)c1. The molecule has 1 saturated carbocycles. The van der Waals surface area contributed by atoms with Gasteiger partial charge in [-0.3, -0.25) is 4.79 Å². The van der Waals surface area contributed by atoms with Crippen molar-refractivity contribution in [1.29, 1.82) is 0 Å². The zero-order chi connectivity index (χ0) is 16.8. The molecular formula is C17H24N6O. The molecule has 0 unspecified atom stereocenters. The summed E-state index contributed by atoms with van der Waals surface area (Å²) in [6, 6.07) is 8.12. The van der Waals surface area contributed by atoms with E-state index in [0.717, 1.165) is 62.1 Å². The molecule has 0 radical (unpaired) electrons. The van der Waals surface area contributed by atoms with Gasteiger partial charge in [-0.2, -0.15) is 0 Å². The number of carbonyl (C=O) groups excluding carboxylic acids is 1. The van der Waals surface area contributed by atoms with E-state index in [9.17, 15) is 4.79 Å². The smallest absolute Gasteiger partial charge is 0.224 e. The maximum atomic E-state index is 12.0. The highest BCUT2D eigenvalue weighted by molar-refractivity contribution is 5.91. The Labute approximate surface area is 141 Å². The molecule has 0 saturated heterocycles. The lowest BCUT2D eigenvalue weighted by Gasteiger charge is -2.08. The zero-order valence-electron chi connectivity index (χ0n) is 13.8. The number of hydrogen-bond acceptors (Lipinski definition) is 5. The second kappa shape index (κ2) is 8.01. The Balaban J connectivity index is 1.57. The highest BCUT2D eigenvalue weighted by Gasteiger charge is 2.28. The standard InChI is InChI=1S/C17H24N6O/c18-11-4-2-1-3-8-16(24)19-14-7-5-6-13(12-14)17-20-21-22-23(17)15-9-10-15/h5-7,12,15H,1-4,8-11,18H2,(H,19,24). The van der Waals surface area contributed by atoms with Crippen LogP contribution in [-0.4, -0.2) is 32.7 Å². The third kappa shape index (κ3) is 4.38. The van der Waals surface area contributed by atoms with Crippen molar-refractivity contribution in [3.63, 3.8) is 0 Å². The average Bonchev–Trinajstić information content (AvgIpc) is 3.31. The van der Waals surface area contributed by atoms with Crippen LogP contribution < -0.4 is 11.1 Å². The monoisotopic (exact) mass is 328 g/mol. The predicted octanol–water partition coefficient (Wildman–Crippen LogP) is 2.52. The van der Waals surface area contributed by atoms with E-state index in [1.54, 1.807) is 0 Å². The van der Waals surface area contributed by atoms with Gasteiger partial charge in [-0.05, 0) is 54.8 Å². The Morgan fingerprint density at radius 3 is 2.88 bits per heavy atom. The van der Waals surface area contributed by atoms with Crippen LogP contribution in [0.2, 0.25) is 0 Å². The number of nitrogens with zero attached hydrogens (tertiary/aromatic N) is 4. The Morgan fingerprint density at radius 2 is 2.08 bits per heavy atom. The maximum absolute atomic E-state index is 12.0. The van der Waals surface area contributed by atoms with Gasteiger partial charge in [0.2, 0.25) is 5.91 Å². The van der Waals surface area contributed by atoms with Gasteiger partial charge in [0.1, 0.15) is 0 Å². The van der Waals surface area contributed by atoms with Crippen molar-refractivity contribution >= 4 is 11.6 Å². The molecule has 1 aromatic heterocycles. The number of aromatic nitrogens is 4. The number of tetrazole rings is 1. The van der Waals surface area contributed by atoms with Crippen molar-refractivity contribution in [3.8, 4) is 11.4 Å². The number of hydrogen-bond donors (Lipinski definition) is 2. The van der Waals surface area contributed by atoms with Gasteiger partial charge in [-0.1, -0.05) is 25.0 Å². The van der Waals surface area contributed by atoms with Gasteiger partial charge < -0.3 is 11.1 Å². The van der Waals surface area contributed by atoms with E-state index in [0.29, 0.717) is 12.5 Å². The summed E-state index contributed by atoms with van der Waals surface area (Å²) in [4.78, 5) is 12.0. The fraction of sp³-hybridized carbons (Fsp3) is 0.529. The molecule has 7 heteroatoms. The second-order valence-corrected chi connectivity index (χ2v) is 6.26. The molecule has 0 spiro atoms. The highest BCUT2D eigenvalue weighted by Crippen LogP contribution is 2.36. The van der Waals surface area contributed by atoms with Crippen LogP contribution in [0.4, 0.5) is 5.69 Å². The number of anilines is 1. The first-order chi connectivity index (χ1) is 11.8. The second-order valence-electron chi connectivity index (χ2n) is 6.26. The topological polar surface area (TPSA) is 98.7 Å². The molecule has 24 heavy (non-hydrogen) atoms. The van der Waals surface area contributed by atoms with Gasteiger partial charge >= 0.3 is 0 Å². The Hall–Kier alpha value is -2.28. The van der Waals surface area contributed by atoms with Crippen LogP contribution in [-0.2, 0) is 4.79 Å². The molecule has 1 aliphatic rings. The van der Waals surface area contributed by atoms with Crippen molar-refractivity contribution in [2.45, 2.75) is 51.0 Å². The molecule has 1 fully saturated rings. The summed E-state index contributed by atoms with van der Waals surface area (Å²) < 4.78 is 1.87. The minimum absolute atomic E-state index is 0.0432. The molecule has 7 nitrogen and oxygen atoms in total. The zero-order valence-corrected chi connectivity index (χ0v) is 13.8. The van der Waals surface area contributed by atoms with Crippen LogP contribution in [0.15, 0.2) is 24.3 Å². The summed E-state index contributed by atoms with van der Waals surface area (Å²) in [7, 11) is 0. The number of rotatable bonds is 9. The van der Waals surface area contributed by atoms with Crippen molar-refractivity contribution in [2.24, 2.45) is 5.73 Å². The minimum atomic E-state index is 0.0432. The fourth-order valence-electron chi connectivity index (χ4n) is 2.69. The lowest BCUT2D eigenvalue weighted by molar-refractivity contribution is -0.116. The van der Waals surface area contributed by atoms with Crippen molar-refractivity contribution < 1.29 is 4.79 Å². The van der Waals surface area contributed by atoms with E-state index < -0.39 is 0 Å². The molecular weight excluding hydrogens is 304 g/mol. The predicted molar refractivity (Wildman–Crippen MR) is 92.3 cm³/mol. The fourth-order valence-corrected chi connectivity index (χ4v) is 2.69. The van der Waals surface area contributed by atoms with E-state index in [1.807, 2.05) is 28.9 Å². The van der Waals surface area contributed by atoms with E-state index in [4.69, 9.17) is 5.73 Å². The molecule has 0 bridgehead atoms. The summed E-state index contributed by atoms with van der Waals surface area (Å²) in [5.41, 5.74) is 7.17. The molecule has 1 amide bonds. The minimum Gasteiger partial charge on any atom is -0.330 e. The Morgan fingerprint density at radius 1 is 1.25 bits per heavy atom. The quantitative estimate of drug-likeness (QED) is 0.689. The Bertz CT molecular complexity index is 679.